The molecular weight excluding hydrogens is 352 g/mol. The summed E-state index contributed by atoms with van der Waals surface area (Å²) in [6, 6.07) is 16.1. The molecule has 2 aromatic carbocycles. The number of aromatic nitrogens is 1. The number of hydrogen-bond acceptors (Lipinski definition) is 5. The Labute approximate surface area is 153 Å². The van der Waals surface area contributed by atoms with Gasteiger partial charge in [0, 0.05) is 17.1 Å². The molecule has 4 nitrogen and oxygen atoms in total. The van der Waals surface area contributed by atoms with Crippen LogP contribution in [0.15, 0.2) is 65.7 Å². The molecule has 1 saturated heterocycles. The molecule has 1 aliphatic heterocycles. The topological polar surface area (TPSA) is 53.4 Å². The van der Waals surface area contributed by atoms with Gasteiger partial charge in [-0.25, -0.2) is 0 Å². The summed E-state index contributed by atoms with van der Waals surface area (Å²) >= 11 is 6.63. The van der Waals surface area contributed by atoms with E-state index >= 15 is 0 Å². The average molecular weight is 364 g/mol. The maximum absolute atomic E-state index is 12.8. The zero-order valence-electron chi connectivity index (χ0n) is 12.9. The molecule has 0 aliphatic carbocycles. The third kappa shape index (κ3) is 2.90. The molecule has 1 N–H and O–H groups in total. The van der Waals surface area contributed by atoms with Crippen molar-refractivity contribution in [3.63, 3.8) is 0 Å². The van der Waals surface area contributed by atoms with Gasteiger partial charge in [0.05, 0.1) is 16.1 Å². The molecule has 0 radical (unpaired) electrons. The predicted molar refractivity (Wildman–Crippen MR) is 106 cm³/mol. The number of hydrogen-bond donors (Lipinski definition) is 1. The molecule has 1 amide bonds. The van der Waals surface area contributed by atoms with Crippen LogP contribution in [0.5, 0.6) is 5.75 Å². The third-order valence-corrected chi connectivity index (χ3v) is 5.15. The second-order valence-corrected chi connectivity index (χ2v) is 7.13. The highest BCUT2D eigenvalue weighted by Crippen LogP contribution is 2.37. The van der Waals surface area contributed by atoms with Gasteiger partial charge in [-0.2, -0.15) is 0 Å². The Hall–Kier alpha value is -2.70. The van der Waals surface area contributed by atoms with Crippen LogP contribution in [0.25, 0.3) is 17.0 Å². The van der Waals surface area contributed by atoms with Gasteiger partial charge in [0.2, 0.25) is 0 Å². The maximum atomic E-state index is 12.8. The number of pyridine rings is 1. The Morgan fingerprint density at radius 1 is 1.08 bits per heavy atom. The summed E-state index contributed by atoms with van der Waals surface area (Å²) < 4.78 is 0.468. The predicted octanol–water partition coefficient (Wildman–Crippen LogP) is 4.35. The molecule has 0 unspecified atom stereocenters. The number of aromatic hydroxyl groups is 1. The molecule has 1 aliphatic rings. The number of carbonyl (C=O) groups excluding carboxylic acids is 1. The van der Waals surface area contributed by atoms with Crippen molar-refractivity contribution >= 4 is 56.9 Å². The largest absolute Gasteiger partial charge is 0.508 e. The number of rotatable bonds is 2. The normalized spacial score (nSPS) is 16.2. The SMILES string of the molecule is O=C1C(=Cc2cccc3cccnc23)SC(=S)N1c1ccc(O)cc1. The lowest BCUT2D eigenvalue weighted by atomic mass is 10.1. The summed E-state index contributed by atoms with van der Waals surface area (Å²) in [5.74, 6) is -0.0276. The number of anilines is 1. The van der Waals surface area contributed by atoms with Crippen molar-refractivity contribution in [2.24, 2.45) is 0 Å². The highest BCUT2D eigenvalue weighted by atomic mass is 32.2. The van der Waals surface area contributed by atoms with Crippen LogP contribution in [-0.4, -0.2) is 20.3 Å². The van der Waals surface area contributed by atoms with Crippen molar-refractivity contribution in [2.75, 3.05) is 4.90 Å². The molecule has 0 atom stereocenters. The summed E-state index contributed by atoms with van der Waals surface area (Å²) in [4.78, 5) is 19.3. The molecule has 0 bridgehead atoms. The zero-order valence-corrected chi connectivity index (χ0v) is 14.6. The van der Waals surface area contributed by atoms with E-state index in [-0.39, 0.29) is 11.7 Å². The van der Waals surface area contributed by atoms with E-state index in [1.807, 2.05) is 36.4 Å². The van der Waals surface area contributed by atoms with Crippen LogP contribution in [0.3, 0.4) is 0 Å². The van der Waals surface area contributed by atoms with Crippen LogP contribution in [0.4, 0.5) is 5.69 Å². The molecule has 0 saturated carbocycles. The number of phenols is 1. The van der Waals surface area contributed by atoms with Gasteiger partial charge in [-0.3, -0.25) is 14.7 Å². The molecule has 2 heterocycles. The minimum Gasteiger partial charge on any atom is -0.508 e. The molecule has 1 aromatic heterocycles. The summed E-state index contributed by atoms with van der Waals surface area (Å²) in [5.41, 5.74) is 2.36. The molecular formula is C19H12N2O2S2. The molecule has 0 spiro atoms. The fourth-order valence-corrected chi connectivity index (χ4v) is 3.97. The first-order valence-electron chi connectivity index (χ1n) is 7.54. The summed E-state index contributed by atoms with van der Waals surface area (Å²) in [6.45, 7) is 0. The van der Waals surface area contributed by atoms with E-state index in [0.29, 0.717) is 14.9 Å². The van der Waals surface area contributed by atoms with E-state index in [2.05, 4.69) is 4.98 Å². The van der Waals surface area contributed by atoms with Crippen molar-refractivity contribution in [1.29, 1.82) is 0 Å². The molecule has 6 heteroatoms. The maximum Gasteiger partial charge on any atom is 0.270 e. The van der Waals surface area contributed by atoms with Crippen LogP contribution in [0.1, 0.15) is 5.56 Å². The highest BCUT2D eigenvalue weighted by Gasteiger charge is 2.33. The quantitative estimate of drug-likeness (QED) is 0.541. The Bertz CT molecular complexity index is 1020. The fraction of sp³-hybridized carbons (Fsp3) is 0. The van der Waals surface area contributed by atoms with Gasteiger partial charge in [0.25, 0.3) is 5.91 Å². The first kappa shape index (κ1) is 15.8. The number of para-hydroxylation sites is 1. The van der Waals surface area contributed by atoms with Crippen molar-refractivity contribution in [1.82, 2.24) is 4.98 Å². The Kier molecular flexibility index (Phi) is 3.99. The lowest BCUT2D eigenvalue weighted by molar-refractivity contribution is -0.113. The van der Waals surface area contributed by atoms with Gasteiger partial charge in [-0.15, -0.1) is 0 Å². The average Bonchev–Trinajstić information content (AvgIpc) is 2.90. The minimum atomic E-state index is -0.173. The van der Waals surface area contributed by atoms with Gasteiger partial charge in [-0.05, 0) is 36.4 Å². The van der Waals surface area contributed by atoms with Gasteiger partial charge >= 0.3 is 0 Å². The monoisotopic (exact) mass is 364 g/mol. The Morgan fingerprint density at radius 2 is 1.84 bits per heavy atom. The van der Waals surface area contributed by atoms with E-state index in [4.69, 9.17) is 12.2 Å². The number of thioether (sulfide) groups is 1. The highest BCUT2D eigenvalue weighted by molar-refractivity contribution is 8.27. The number of thiocarbonyl (C=S) groups is 1. The molecule has 25 heavy (non-hydrogen) atoms. The molecule has 3 aromatic rings. The van der Waals surface area contributed by atoms with Crippen LogP contribution < -0.4 is 4.90 Å². The van der Waals surface area contributed by atoms with Gasteiger partial charge < -0.3 is 5.11 Å². The van der Waals surface area contributed by atoms with Crippen LogP contribution in [0.2, 0.25) is 0 Å². The van der Waals surface area contributed by atoms with E-state index in [0.717, 1.165) is 16.5 Å². The van der Waals surface area contributed by atoms with Crippen LogP contribution in [-0.2, 0) is 4.79 Å². The standard InChI is InChI=1S/C19H12N2O2S2/c22-15-8-6-14(7-9-15)21-18(23)16(25-19(21)24)11-13-4-1-3-12-5-2-10-20-17(12)13/h1-11,22H. The number of phenolic OH excluding ortho intramolecular Hbond substituents is 1. The van der Waals surface area contributed by atoms with Gasteiger partial charge in [0.1, 0.15) is 5.75 Å². The zero-order chi connectivity index (χ0) is 17.4. The lowest BCUT2D eigenvalue weighted by Crippen LogP contribution is -2.27. The number of benzene rings is 2. The van der Waals surface area contributed by atoms with Gasteiger partial charge in [-0.1, -0.05) is 48.2 Å². The summed E-state index contributed by atoms with van der Waals surface area (Å²) in [5, 5.41) is 10.4. The van der Waals surface area contributed by atoms with Crippen molar-refractivity contribution < 1.29 is 9.90 Å². The van der Waals surface area contributed by atoms with E-state index in [1.54, 1.807) is 18.3 Å². The summed E-state index contributed by atoms with van der Waals surface area (Å²) in [7, 11) is 0. The number of nitrogens with zero attached hydrogens (tertiary/aromatic N) is 2. The Morgan fingerprint density at radius 3 is 2.64 bits per heavy atom. The van der Waals surface area contributed by atoms with Crippen LogP contribution in [0, 0.1) is 0 Å². The molecule has 122 valence electrons. The first-order chi connectivity index (χ1) is 12.1. The number of carbonyl (C=O) groups is 1. The van der Waals surface area contributed by atoms with E-state index in [1.165, 1.54) is 28.8 Å². The molecule has 4 rings (SSSR count). The smallest absolute Gasteiger partial charge is 0.270 e. The van der Waals surface area contributed by atoms with Gasteiger partial charge in [0.15, 0.2) is 4.32 Å². The van der Waals surface area contributed by atoms with Crippen LogP contribution >= 0.6 is 24.0 Å². The van der Waals surface area contributed by atoms with Crippen molar-refractivity contribution in [3.05, 3.63) is 71.3 Å². The first-order valence-corrected chi connectivity index (χ1v) is 8.77. The van der Waals surface area contributed by atoms with Crippen molar-refractivity contribution in [3.8, 4) is 5.75 Å². The Balaban J connectivity index is 1.74. The third-order valence-electron chi connectivity index (χ3n) is 3.85. The number of amides is 1. The lowest BCUT2D eigenvalue weighted by Gasteiger charge is -2.14. The number of fused-ring (bicyclic) bond motifs is 1. The fourth-order valence-electron chi connectivity index (χ4n) is 2.68. The minimum absolute atomic E-state index is 0.145. The second kappa shape index (κ2) is 6.31. The second-order valence-electron chi connectivity index (χ2n) is 5.46. The van der Waals surface area contributed by atoms with E-state index < -0.39 is 0 Å². The van der Waals surface area contributed by atoms with E-state index in [9.17, 15) is 9.90 Å². The summed E-state index contributed by atoms with van der Waals surface area (Å²) in [6.07, 6.45) is 3.57. The van der Waals surface area contributed by atoms with Crippen molar-refractivity contribution in [2.45, 2.75) is 0 Å². The molecule has 1 fully saturated rings.